The van der Waals surface area contributed by atoms with Gasteiger partial charge in [0.2, 0.25) is 0 Å². The second-order valence-electron chi connectivity index (χ2n) is 5.89. The van der Waals surface area contributed by atoms with Crippen molar-refractivity contribution in [3.8, 4) is 11.5 Å². The quantitative estimate of drug-likeness (QED) is 0.898. The van der Waals surface area contributed by atoms with Crippen LogP contribution in [0.3, 0.4) is 0 Å². The maximum Gasteiger partial charge on any atom is 0.135 e. The van der Waals surface area contributed by atoms with Crippen molar-refractivity contribution in [2.45, 2.75) is 46.2 Å². The lowest BCUT2D eigenvalue weighted by atomic mass is 10.1. The fourth-order valence-electron chi connectivity index (χ4n) is 2.38. The van der Waals surface area contributed by atoms with E-state index in [4.69, 9.17) is 4.74 Å². The second kappa shape index (κ2) is 5.86. The second-order valence-corrected chi connectivity index (χ2v) is 5.89. The van der Waals surface area contributed by atoms with Crippen molar-refractivity contribution < 1.29 is 4.74 Å². The minimum atomic E-state index is 0.681. The lowest BCUT2D eigenvalue weighted by Gasteiger charge is -2.16. The number of nitrogens with zero attached hydrogens (tertiary/aromatic N) is 1. The minimum Gasteiger partial charge on any atom is -0.456 e. The largest absolute Gasteiger partial charge is 0.456 e. The zero-order valence-corrected chi connectivity index (χ0v) is 12.9. The molecule has 1 aliphatic rings. The molecule has 0 bridgehead atoms. The Labute approximate surface area is 126 Å². The molecule has 1 aromatic heterocycles. The summed E-state index contributed by atoms with van der Waals surface area (Å²) in [6.07, 6.45) is 6.25. The van der Waals surface area contributed by atoms with Crippen molar-refractivity contribution in [1.29, 1.82) is 0 Å². The number of ether oxygens (including phenoxy) is 1. The third-order valence-electron chi connectivity index (χ3n) is 4.10. The standard InChI is InChI=1S/C18H22N2O/c1-12-4-5-13(2)18(14(12)3)21-17-8-9-19-10-15(17)11-20-16-6-7-16/h4-5,8-10,16,20H,6-7,11H2,1-3H3. The Morgan fingerprint density at radius 1 is 1.14 bits per heavy atom. The molecule has 2 aromatic rings. The van der Waals surface area contributed by atoms with Gasteiger partial charge in [0.25, 0.3) is 0 Å². The molecule has 21 heavy (non-hydrogen) atoms. The first-order valence-corrected chi connectivity index (χ1v) is 7.56. The van der Waals surface area contributed by atoms with Crippen LogP contribution in [0.1, 0.15) is 35.1 Å². The molecule has 1 aliphatic carbocycles. The lowest BCUT2D eigenvalue weighted by Crippen LogP contribution is -2.16. The number of aromatic nitrogens is 1. The Morgan fingerprint density at radius 3 is 2.67 bits per heavy atom. The van der Waals surface area contributed by atoms with E-state index >= 15 is 0 Å². The molecule has 1 N–H and O–H groups in total. The molecule has 1 heterocycles. The highest BCUT2D eigenvalue weighted by Gasteiger charge is 2.21. The van der Waals surface area contributed by atoms with E-state index in [0.29, 0.717) is 6.04 Å². The van der Waals surface area contributed by atoms with E-state index in [1.807, 2.05) is 12.3 Å². The number of hydrogen-bond donors (Lipinski definition) is 1. The van der Waals surface area contributed by atoms with Crippen LogP contribution < -0.4 is 10.1 Å². The van der Waals surface area contributed by atoms with Crippen LogP contribution >= 0.6 is 0 Å². The van der Waals surface area contributed by atoms with Gasteiger partial charge in [-0.3, -0.25) is 4.98 Å². The molecule has 0 atom stereocenters. The maximum absolute atomic E-state index is 6.22. The van der Waals surface area contributed by atoms with Crippen molar-refractivity contribution in [2.24, 2.45) is 0 Å². The summed E-state index contributed by atoms with van der Waals surface area (Å²) in [7, 11) is 0. The van der Waals surface area contributed by atoms with Crippen LogP contribution in [0, 0.1) is 20.8 Å². The van der Waals surface area contributed by atoms with Crippen LogP contribution in [0.5, 0.6) is 11.5 Å². The third kappa shape index (κ3) is 3.24. The molecule has 0 amide bonds. The molecule has 0 saturated heterocycles. The molecule has 1 saturated carbocycles. The molecule has 3 heteroatoms. The average Bonchev–Trinajstić information content (AvgIpc) is 3.31. The van der Waals surface area contributed by atoms with Crippen LogP contribution in [0.15, 0.2) is 30.6 Å². The van der Waals surface area contributed by atoms with Gasteiger partial charge in [0.15, 0.2) is 0 Å². The van der Waals surface area contributed by atoms with Gasteiger partial charge >= 0.3 is 0 Å². The van der Waals surface area contributed by atoms with Crippen LogP contribution in [0.4, 0.5) is 0 Å². The van der Waals surface area contributed by atoms with Crippen molar-refractivity contribution in [3.63, 3.8) is 0 Å². The fraction of sp³-hybridized carbons (Fsp3) is 0.389. The Balaban J connectivity index is 1.85. The predicted octanol–water partition coefficient (Wildman–Crippen LogP) is 4.05. The fourth-order valence-corrected chi connectivity index (χ4v) is 2.38. The highest BCUT2D eigenvalue weighted by atomic mass is 16.5. The van der Waals surface area contributed by atoms with Gasteiger partial charge in [-0.25, -0.2) is 0 Å². The van der Waals surface area contributed by atoms with Gasteiger partial charge in [0.1, 0.15) is 11.5 Å². The predicted molar refractivity (Wildman–Crippen MR) is 84.8 cm³/mol. The van der Waals surface area contributed by atoms with Crippen molar-refractivity contribution >= 4 is 0 Å². The van der Waals surface area contributed by atoms with E-state index in [1.54, 1.807) is 6.20 Å². The van der Waals surface area contributed by atoms with E-state index in [1.165, 1.54) is 24.0 Å². The summed E-state index contributed by atoms with van der Waals surface area (Å²) < 4.78 is 6.22. The highest BCUT2D eigenvalue weighted by molar-refractivity contribution is 5.47. The molecule has 1 aromatic carbocycles. The van der Waals surface area contributed by atoms with Crippen LogP contribution in [0.25, 0.3) is 0 Å². The summed E-state index contributed by atoms with van der Waals surface area (Å²) in [5.74, 6) is 1.86. The van der Waals surface area contributed by atoms with Gasteiger partial charge in [0, 0.05) is 30.5 Å². The molecule has 0 spiro atoms. The normalized spacial score (nSPS) is 14.2. The summed E-state index contributed by atoms with van der Waals surface area (Å²) in [6.45, 7) is 7.13. The molecule has 3 rings (SSSR count). The van der Waals surface area contributed by atoms with Gasteiger partial charge in [-0.2, -0.15) is 0 Å². The first-order valence-electron chi connectivity index (χ1n) is 7.56. The number of benzene rings is 1. The first kappa shape index (κ1) is 14.1. The Bertz CT molecular complexity index is 648. The van der Waals surface area contributed by atoms with Crippen LogP contribution in [-0.4, -0.2) is 11.0 Å². The molecule has 0 unspecified atom stereocenters. The number of rotatable bonds is 5. The first-order chi connectivity index (χ1) is 10.1. The van der Waals surface area contributed by atoms with Gasteiger partial charge in [0.05, 0.1) is 0 Å². The van der Waals surface area contributed by atoms with E-state index in [9.17, 15) is 0 Å². The van der Waals surface area contributed by atoms with Crippen LogP contribution in [0.2, 0.25) is 0 Å². The number of pyridine rings is 1. The van der Waals surface area contributed by atoms with Gasteiger partial charge in [-0.15, -0.1) is 0 Å². The molecule has 110 valence electrons. The van der Waals surface area contributed by atoms with Crippen molar-refractivity contribution in [3.05, 3.63) is 52.8 Å². The van der Waals surface area contributed by atoms with Gasteiger partial charge in [-0.05, 0) is 56.4 Å². The molecule has 3 nitrogen and oxygen atoms in total. The number of nitrogens with one attached hydrogen (secondary N) is 1. The lowest BCUT2D eigenvalue weighted by molar-refractivity contribution is 0.464. The topological polar surface area (TPSA) is 34.1 Å². The Hall–Kier alpha value is -1.87. The summed E-state index contributed by atoms with van der Waals surface area (Å²) >= 11 is 0. The number of hydrogen-bond acceptors (Lipinski definition) is 3. The molecule has 0 radical (unpaired) electrons. The summed E-state index contributed by atoms with van der Waals surface area (Å²) in [6, 6.07) is 6.88. The molecule has 0 aliphatic heterocycles. The van der Waals surface area contributed by atoms with E-state index in [-0.39, 0.29) is 0 Å². The Morgan fingerprint density at radius 2 is 1.90 bits per heavy atom. The van der Waals surface area contributed by atoms with Crippen LogP contribution in [-0.2, 0) is 6.54 Å². The number of aryl methyl sites for hydroxylation is 2. The Kier molecular flexibility index (Phi) is 3.93. The molecular formula is C18H22N2O. The summed E-state index contributed by atoms with van der Waals surface area (Å²) in [4.78, 5) is 4.23. The summed E-state index contributed by atoms with van der Waals surface area (Å²) in [5.41, 5.74) is 4.73. The zero-order valence-electron chi connectivity index (χ0n) is 12.9. The zero-order chi connectivity index (χ0) is 14.8. The van der Waals surface area contributed by atoms with Crippen molar-refractivity contribution in [1.82, 2.24) is 10.3 Å². The highest BCUT2D eigenvalue weighted by Crippen LogP contribution is 2.32. The third-order valence-corrected chi connectivity index (χ3v) is 4.10. The molecule has 1 fully saturated rings. The SMILES string of the molecule is Cc1ccc(C)c(Oc2ccncc2CNC2CC2)c1C. The minimum absolute atomic E-state index is 0.681. The van der Waals surface area contributed by atoms with E-state index in [0.717, 1.165) is 29.2 Å². The van der Waals surface area contributed by atoms with E-state index < -0.39 is 0 Å². The van der Waals surface area contributed by atoms with Gasteiger partial charge in [-0.1, -0.05) is 12.1 Å². The molecular weight excluding hydrogens is 260 g/mol. The monoisotopic (exact) mass is 282 g/mol. The van der Waals surface area contributed by atoms with Crippen molar-refractivity contribution in [2.75, 3.05) is 0 Å². The summed E-state index contributed by atoms with van der Waals surface area (Å²) in [5, 5.41) is 3.52. The van der Waals surface area contributed by atoms with E-state index in [2.05, 4.69) is 43.2 Å². The average molecular weight is 282 g/mol. The maximum atomic E-state index is 6.22. The smallest absolute Gasteiger partial charge is 0.135 e. The van der Waals surface area contributed by atoms with Gasteiger partial charge < -0.3 is 10.1 Å².